The lowest BCUT2D eigenvalue weighted by molar-refractivity contribution is -0.133. The fourth-order valence-corrected chi connectivity index (χ4v) is 2.36. The molecule has 0 saturated carbocycles. The molecular formula is C7H14O3Si. The van der Waals surface area contributed by atoms with Gasteiger partial charge in [-0.2, -0.15) is 0 Å². The maximum absolute atomic E-state index is 10.5. The fourth-order valence-electron chi connectivity index (χ4n) is 0.787. The fraction of sp³-hybridized carbons (Fsp3) is 0.571. The van der Waals surface area contributed by atoms with Gasteiger partial charge in [-0.3, -0.25) is 4.79 Å². The van der Waals surface area contributed by atoms with Gasteiger partial charge >= 0.3 is 8.56 Å². The van der Waals surface area contributed by atoms with Gasteiger partial charge in [-0.05, 0) is 6.92 Å². The first kappa shape index (κ1) is 10.2. The van der Waals surface area contributed by atoms with Crippen LogP contribution < -0.4 is 0 Å². The predicted molar refractivity (Wildman–Crippen MR) is 45.1 cm³/mol. The van der Waals surface area contributed by atoms with E-state index < -0.39 is 8.56 Å². The first-order valence-corrected chi connectivity index (χ1v) is 6.19. The molecule has 0 aliphatic heterocycles. The molecule has 0 heterocycles. The minimum atomic E-state index is -2.28. The highest BCUT2D eigenvalue weighted by atomic mass is 28.4. The van der Waals surface area contributed by atoms with E-state index in [1.165, 1.54) is 6.92 Å². The summed E-state index contributed by atoms with van der Waals surface area (Å²) < 4.78 is 10.2. The zero-order chi connectivity index (χ0) is 9.07. The average molecular weight is 174 g/mol. The van der Waals surface area contributed by atoms with Crippen molar-refractivity contribution >= 4 is 14.5 Å². The van der Waals surface area contributed by atoms with Crippen molar-refractivity contribution in [2.24, 2.45) is 0 Å². The Morgan fingerprint density at radius 2 is 1.73 bits per heavy atom. The lowest BCUT2D eigenvalue weighted by atomic mass is 10.7. The highest BCUT2D eigenvalue weighted by molar-refractivity contribution is 6.66. The highest BCUT2D eigenvalue weighted by Crippen LogP contribution is 2.10. The summed E-state index contributed by atoms with van der Waals surface area (Å²) in [5.74, 6) is 0.283. The van der Waals surface area contributed by atoms with Gasteiger partial charge in [0.15, 0.2) is 0 Å². The molecule has 0 bridgehead atoms. The average Bonchev–Trinajstić information content (AvgIpc) is 1.53. The van der Waals surface area contributed by atoms with E-state index >= 15 is 0 Å². The molecular weight excluding hydrogens is 160 g/mol. The van der Waals surface area contributed by atoms with Gasteiger partial charge in [-0.25, -0.2) is 0 Å². The van der Waals surface area contributed by atoms with Crippen molar-refractivity contribution in [2.75, 3.05) is 0 Å². The van der Waals surface area contributed by atoms with E-state index in [9.17, 15) is 4.79 Å². The first-order valence-electron chi connectivity index (χ1n) is 3.37. The second-order valence-corrected chi connectivity index (χ2v) is 6.01. The number of carbonyl (C=O) groups is 1. The smallest absolute Gasteiger partial charge is 0.455 e. The minimum Gasteiger partial charge on any atom is -0.517 e. The van der Waals surface area contributed by atoms with Crippen molar-refractivity contribution in [2.45, 2.75) is 26.9 Å². The van der Waals surface area contributed by atoms with Crippen LogP contribution in [0.1, 0.15) is 13.8 Å². The third kappa shape index (κ3) is 5.66. The monoisotopic (exact) mass is 174 g/mol. The van der Waals surface area contributed by atoms with Crippen LogP contribution in [0.2, 0.25) is 13.1 Å². The van der Waals surface area contributed by atoms with E-state index in [2.05, 4.69) is 6.58 Å². The second kappa shape index (κ2) is 3.57. The standard InChI is InChI=1S/C7H14O3Si/c1-6(2)9-11(4,5)10-7(3)8/h1H2,2-5H3. The Labute approximate surface area is 68.3 Å². The Balaban J connectivity index is 3.99. The van der Waals surface area contributed by atoms with Crippen LogP contribution >= 0.6 is 0 Å². The van der Waals surface area contributed by atoms with Crippen molar-refractivity contribution in [1.82, 2.24) is 0 Å². The zero-order valence-electron chi connectivity index (χ0n) is 7.43. The normalized spacial score (nSPS) is 10.5. The lowest BCUT2D eigenvalue weighted by Gasteiger charge is -2.22. The van der Waals surface area contributed by atoms with Gasteiger partial charge in [-0.1, -0.05) is 6.58 Å². The Morgan fingerprint density at radius 1 is 1.27 bits per heavy atom. The van der Waals surface area contributed by atoms with Gasteiger partial charge in [0.05, 0.1) is 5.76 Å². The highest BCUT2D eigenvalue weighted by Gasteiger charge is 2.29. The summed E-state index contributed by atoms with van der Waals surface area (Å²) in [6, 6.07) is 0. The molecule has 0 unspecified atom stereocenters. The minimum absolute atomic E-state index is 0.303. The van der Waals surface area contributed by atoms with Crippen molar-refractivity contribution < 1.29 is 13.6 Å². The molecule has 0 amide bonds. The number of hydrogen-bond donors (Lipinski definition) is 0. The molecule has 3 nitrogen and oxygen atoms in total. The molecule has 0 fully saturated rings. The molecule has 0 N–H and O–H groups in total. The molecule has 0 saturated heterocycles. The third-order valence-electron chi connectivity index (χ3n) is 0.810. The number of hydrogen-bond acceptors (Lipinski definition) is 3. The molecule has 0 aromatic carbocycles. The van der Waals surface area contributed by atoms with E-state index in [1.54, 1.807) is 20.0 Å². The molecule has 0 aromatic rings. The Kier molecular flexibility index (Phi) is 3.32. The van der Waals surface area contributed by atoms with E-state index in [-0.39, 0.29) is 5.97 Å². The van der Waals surface area contributed by atoms with Crippen LogP contribution in [0.4, 0.5) is 0 Å². The van der Waals surface area contributed by atoms with Crippen LogP contribution in [0.3, 0.4) is 0 Å². The second-order valence-electron chi connectivity index (χ2n) is 2.80. The SMILES string of the molecule is C=C(C)O[Si](C)(C)OC(C)=O. The van der Waals surface area contributed by atoms with Crippen LogP contribution in [0.5, 0.6) is 0 Å². The van der Waals surface area contributed by atoms with E-state index in [0.717, 1.165) is 0 Å². The largest absolute Gasteiger partial charge is 0.517 e. The van der Waals surface area contributed by atoms with Gasteiger partial charge < -0.3 is 8.85 Å². The molecule has 0 rings (SSSR count). The summed E-state index contributed by atoms with van der Waals surface area (Å²) in [7, 11) is -2.28. The summed E-state index contributed by atoms with van der Waals surface area (Å²) in [4.78, 5) is 10.5. The van der Waals surface area contributed by atoms with Crippen molar-refractivity contribution in [1.29, 1.82) is 0 Å². The maximum atomic E-state index is 10.5. The van der Waals surface area contributed by atoms with Crippen LogP contribution in [-0.4, -0.2) is 14.5 Å². The molecule has 11 heavy (non-hydrogen) atoms. The van der Waals surface area contributed by atoms with E-state index in [0.29, 0.717) is 5.76 Å². The summed E-state index contributed by atoms with van der Waals surface area (Å²) >= 11 is 0. The quantitative estimate of drug-likeness (QED) is 0.483. The molecule has 64 valence electrons. The van der Waals surface area contributed by atoms with Gasteiger partial charge in [0, 0.05) is 20.0 Å². The molecule has 4 heteroatoms. The molecule has 0 aromatic heterocycles. The van der Waals surface area contributed by atoms with Gasteiger partial charge in [0.1, 0.15) is 0 Å². The zero-order valence-corrected chi connectivity index (χ0v) is 8.43. The molecule has 0 radical (unpaired) electrons. The van der Waals surface area contributed by atoms with Gasteiger partial charge in [-0.15, -0.1) is 0 Å². The maximum Gasteiger partial charge on any atom is 0.455 e. The molecule has 0 spiro atoms. The van der Waals surface area contributed by atoms with E-state index in [4.69, 9.17) is 8.85 Å². The third-order valence-corrected chi connectivity index (χ3v) is 2.43. The van der Waals surface area contributed by atoms with Crippen molar-refractivity contribution in [3.8, 4) is 0 Å². The number of allylic oxidation sites excluding steroid dienone is 1. The predicted octanol–water partition coefficient (Wildman–Crippen LogP) is 1.80. The van der Waals surface area contributed by atoms with Crippen LogP contribution in [0.15, 0.2) is 12.3 Å². The molecule has 0 aliphatic rings. The van der Waals surface area contributed by atoms with Gasteiger partial charge in [0.2, 0.25) is 0 Å². The van der Waals surface area contributed by atoms with Crippen LogP contribution in [0, 0.1) is 0 Å². The number of carbonyl (C=O) groups excluding carboxylic acids is 1. The number of rotatable bonds is 3. The Morgan fingerprint density at radius 3 is 2.00 bits per heavy atom. The summed E-state index contributed by atoms with van der Waals surface area (Å²) in [6.07, 6.45) is 0. The first-order chi connectivity index (χ1) is 4.83. The Bertz CT molecular complexity index is 157. The summed E-state index contributed by atoms with van der Waals surface area (Å²) in [6.45, 7) is 10.3. The topological polar surface area (TPSA) is 35.5 Å². The van der Waals surface area contributed by atoms with Gasteiger partial charge in [0.25, 0.3) is 5.97 Å². The van der Waals surface area contributed by atoms with E-state index in [1.807, 2.05) is 0 Å². The van der Waals surface area contributed by atoms with Crippen LogP contribution in [0.25, 0.3) is 0 Å². The lowest BCUT2D eigenvalue weighted by Crippen LogP contribution is -2.35. The Hall–Kier alpha value is -0.773. The molecule has 0 aliphatic carbocycles. The van der Waals surface area contributed by atoms with Crippen molar-refractivity contribution in [3.05, 3.63) is 12.3 Å². The van der Waals surface area contributed by atoms with Crippen LogP contribution in [-0.2, 0) is 13.6 Å². The summed E-state index contributed by atoms with van der Waals surface area (Å²) in [5.41, 5.74) is 0. The van der Waals surface area contributed by atoms with Crippen molar-refractivity contribution in [3.63, 3.8) is 0 Å². The summed E-state index contributed by atoms with van der Waals surface area (Å²) in [5, 5.41) is 0. The molecule has 0 atom stereocenters.